The second-order valence-electron chi connectivity index (χ2n) is 6.17. The van der Waals surface area contributed by atoms with E-state index in [1.807, 2.05) is 18.2 Å². The first-order chi connectivity index (χ1) is 11.2. The number of aryl methyl sites for hydroxylation is 1. The summed E-state index contributed by atoms with van der Waals surface area (Å²) in [6.45, 7) is 0. The highest BCUT2D eigenvalue weighted by Crippen LogP contribution is 2.30. The number of benzene rings is 1. The number of ether oxygens (including phenoxy) is 2. The third kappa shape index (κ3) is 4.72. The van der Waals surface area contributed by atoms with Crippen molar-refractivity contribution in [2.45, 2.75) is 44.8 Å². The Morgan fingerprint density at radius 1 is 1.17 bits per heavy atom. The minimum atomic E-state index is -0.924. The van der Waals surface area contributed by atoms with Gasteiger partial charge in [0, 0.05) is 20.1 Å². The minimum absolute atomic E-state index is 0.00391. The molecule has 0 heterocycles. The summed E-state index contributed by atoms with van der Waals surface area (Å²) in [6.07, 6.45) is 4.30. The molecule has 1 saturated carbocycles. The van der Waals surface area contributed by atoms with Gasteiger partial charge in [0.1, 0.15) is 5.78 Å². The largest absolute Gasteiger partial charge is 0.349 e. The van der Waals surface area contributed by atoms with Gasteiger partial charge in [-0.05, 0) is 37.7 Å². The zero-order valence-electron chi connectivity index (χ0n) is 14.0. The number of rotatable bonds is 8. The Bertz CT molecular complexity index is 507. The van der Waals surface area contributed by atoms with Crippen LogP contribution in [0.3, 0.4) is 0 Å². The van der Waals surface area contributed by atoms with Crippen LogP contribution in [-0.4, -0.2) is 32.1 Å². The summed E-state index contributed by atoms with van der Waals surface area (Å²) < 4.78 is 10.0. The van der Waals surface area contributed by atoms with E-state index in [2.05, 4.69) is 12.1 Å². The smallest absolute Gasteiger partial charge is 0.218 e. The van der Waals surface area contributed by atoms with Gasteiger partial charge in [0.2, 0.25) is 6.29 Å². The molecule has 126 valence electrons. The average molecular weight is 318 g/mol. The lowest BCUT2D eigenvalue weighted by Gasteiger charge is -2.28. The predicted octanol–water partition coefficient (Wildman–Crippen LogP) is 3.18. The van der Waals surface area contributed by atoms with E-state index < -0.39 is 12.2 Å². The fraction of sp³-hybridized carbons (Fsp3) is 0.579. The molecular formula is C19H26O4. The Kier molecular flexibility index (Phi) is 6.93. The van der Waals surface area contributed by atoms with Gasteiger partial charge in [-0.1, -0.05) is 36.8 Å². The van der Waals surface area contributed by atoms with Gasteiger partial charge < -0.3 is 9.47 Å². The monoisotopic (exact) mass is 318 g/mol. The molecule has 1 aliphatic carbocycles. The summed E-state index contributed by atoms with van der Waals surface area (Å²) in [4.78, 5) is 25.0. The van der Waals surface area contributed by atoms with Gasteiger partial charge in [-0.15, -0.1) is 0 Å². The van der Waals surface area contributed by atoms with E-state index in [0.29, 0.717) is 6.42 Å². The molecule has 2 rings (SSSR count). The SMILES string of the molecule is COC(OC)C(=O)[C@H]1CCC[C@@H](CCCc2ccccc2)C1=O. The molecule has 0 amide bonds. The molecule has 0 aromatic heterocycles. The van der Waals surface area contributed by atoms with Gasteiger partial charge >= 0.3 is 0 Å². The van der Waals surface area contributed by atoms with Crippen molar-refractivity contribution in [2.24, 2.45) is 11.8 Å². The molecule has 1 aliphatic rings. The van der Waals surface area contributed by atoms with Crippen LogP contribution >= 0.6 is 0 Å². The summed E-state index contributed by atoms with van der Waals surface area (Å²) in [6, 6.07) is 10.3. The zero-order chi connectivity index (χ0) is 16.7. The van der Waals surface area contributed by atoms with Crippen molar-refractivity contribution in [3.63, 3.8) is 0 Å². The Hall–Kier alpha value is -1.52. The van der Waals surface area contributed by atoms with Crippen LogP contribution in [0, 0.1) is 11.8 Å². The van der Waals surface area contributed by atoms with Crippen molar-refractivity contribution in [3.05, 3.63) is 35.9 Å². The molecule has 23 heavy (non-hydrogen) atoms. The highest BCUT2D eigenvalue weighted by molar-refractivity contribution is 6.05. The topological polar surface area (TPSA) is 52.6 Å². The van der Waals surface area contributed by atoms with Crippen LogP contribution in [0.4, 0.5) is 0 Å². The number of hydrogen-bond acceptors (Lipinski definition) is 4. The zero-order valence-corrected chi connectivity index (χ0v) is 14.0. The van der Waals surface area contributed by atoms with Crippen molar-refractivity contribution in [3.8, 4) is 0 Å². The van der Waals surface area contributed by atoms with Gasteiger partial charge in [-0.2, -0.15) is 0 Å². The van der Waals surface area contributed by atoms with E-state index in [-0.39, 0.29) is 17.5 Å². The average Bonchev–Trinajstić information content (AvgIpc) is 2.58. The Balaban J connectivity index is 1.88. The molecule has 0 N–H and O–H groups in total. The van der Waals surface area contributed by atoms with Crippen LogP contribution in [0.2, 0.25) is 0 Å². The molecule has 0 bridgehead atoms. The van der Waals surface area contributed by atoms with Gasteiger partial charge in [0.15, 0.2) is 5.78 Å². The fourth-order valence-electron chi connectivity index (χ4n) is 3.40. The van der Waals surface area contributed by atoms with Gasteiger partial charge in [0.25, 0.3) is 0 Å². The number of carbonyl (C=O) groups is 2. The van der Waals surface area contributed by atoms with Crippen LogP contribution in [0.15, 0.2) is 30.3 Å². The van der Waals surface area contributed by atoms with Gasteiger partial charge in [0.05, 0.1) is 5.92 Å². The van der Waals surface area contributed by atoms with E-state index in [4.69, 9.17) is 9.47 Å². The van der Waals surface area contributed by atoms with Crippen molar-refractivity contribution in [1.29, 1.82) is 0 Å². The van der Waals surface area contributed by atoms with E-state index >= 15 is 0 Å². The van der Waals surface area contributed by atoms with E-state index in [0.717, 1.165) is 32.1 Å². The molecular weight excluding hydrogens is 292 g/mol. The summed E-state index contributed by atoms with van der Waals surface area (Å²) >= 11 is 0. The molecule has 1 aromatic rings. The maximum Gasteiger partial charge on any atom is 0.218 e. The minimum Gasteiger partial charge on any atom is -0.349 e. The van der Waals surface area contributed by atoms with Crippen LogP contribution in [0.25, 0.3) is 0 Å². The standard InChI is InChI=1S/C19H26O4/c1-22-19(23-2)18(21)16-13-7-12-15(17(16)20)11-6-10-14-8-4-3-5-9-14/h3-5,8-9,15-16,19H,6-7,10-13H2,1-2H3/t15-,16+/m1/s1. The van der Waals surface area contributed by atoms with E-state index in [1.165, 1.54) is 19.8 Å². The maximum atomic E-state index is 12.6. The van der Waals surface area contributed by atoms with Crippen molar-refractivity contribution in [1.82, 2.24) is 0 Å². The first kappa shape index (κ1) is 17.8. The molecule has 1 fully saturated rings. The second-order valence-corrected chi connectivity index (χ2v) is 6.17. The number of carbonyl (C=O) groups excluding carboxylic acids is 2. The van der Waals surface area contributed by atoms with Crippen LogP contribution in [0.5, 0.6) is 0 Å². The molecule has 0 aliphatic heterocycles. The molecule has 1 aromatic carbocycles. The maximum absolute atomic E-state index is 12.6. The Morgan fingerprint density at radius 3 is 2.52 bits per heavy atom. The molecule has 4 heteroatoms. The molecule has 0 radical (unpaired) electrons. The first-order valence-electron chi connectivity index (χ1n) is 8.34. The lowest BCUT2D eigenvalue weighted by Crippen LogP contribution is -2.40. The third-order valence-corrected chi connectivity index (χ3v) is 4.66. The van der Waals surface area contributed by atoms with Crippen LogP contribution < -0.4 is 0 Å². The summed E-state index contributed by atoms with van der Waals surface area (Å²) in [5, 5.41) is 0. The van der Waals surface area contributed by atoms with Crippen molar-refractivity contribution >= 4 is 11.6 Å². The summed E-state index contributed by atoms with van der Waals surface area (Å²) in [5.74, 6) is -0.715. The number of ketones is 2. The fourth-order valence-corrected chi connectivity index (χ4v) is 3.40. The number of Topliss-reactive ketones (excluding diaryl/α,β-unsaturated/α-hetero) is 2. The van der Waals surface area contributed by atoms with Crippen LogP contribution in [-0.2, 0) is 25.5 Å². The first-order valence-corrected chi connectivity index (χ1v) is 8.34. The van der Waals surface area contributed by atoms with Crippen molar-refractivity contribution < 1.29 is 19.1 Å². The Labute approximate surface area is 138 Å². The van der Waals surface area contributed by atoms with Crippen molar-refractivity contribution in [2.75, 3.05) is 14.2 Å². The summed E-state index contributed by atoms with van der Waals surface area (Å²) in [7, 11) is 2.85. The van der Waals surface area contributed by atoms with Gasteiger partial charge in [-0.25, -0.2) is 0 Å². The highest BCUT2D eigenvalue weighted by Gasteiger charge is 2.38. The molecule has 4 nitrogen and oxygen atoms in total. The normalized spacial score (nSPS) is 21.6. The Morgan fingerprint density at radius 2 is 1.87 bits per heavy atom. The number of hydrogen-bond donors (Lipinski definition) is 0. The summed E-state index contributed by atoms with van der Waals surface area (Å²) in [5.41, 5.74) is 1.29. The number of methoxy groups -OCH3 is 2. The van der Waals surface area contributed by atoms with Crippen LogP contribution in [0.1, 0.15) is 37.7 Å². The van der Waals surface area contributed by atoms with E-state index in [1.54, 1.807) is 0 Å². The van der Waals surface area contributed by atoms with E-state index in [9.17, 15) is 9.59 Å². The third-order valence-electron chi connectivity index (χ3n) is 4.66. The highest BCUT2D eigenvalue weighted by atomic mass is 16.7. The molecule has 0 spiro atoms. The second kappa shape index (κ2) is 8.94. The lowest BCUT2D eigenvalue weighted by molar-refractivity contribution is -0.164. The lowest BCUT2D eigenvalue weighted by atomic mass is 9.76. The molecule has 0 unspecified atom stereocenters. The molecule has 0 saturated heterocycles. The van der Waals surface area contributed by atoms with Gasteiger partial charge in [-0.3, -0.25) is 9.59 Å². The molecule has 2 atom stereocenters. The predicted molar refractivity (Wildman–Crippen MR) is 88.0 cm³/mol. The quantitative estimate of drug-likeness (QED) is 0.546.